The van der Waals surface area contributed by atoms with Gasteiger partial charge in [-0.15, -0.1) is 0 Å². The van der Waals surface area contributed by atoms with E-state index < -0.39 is 27.4 Å². The number of likely N-dealkylation sites (N-methyl/N-ethyl adjacent to an activating group) is 1. The number of hydrogen-bond acceptors (Lipinski definition) is 6. The topological polar surface area (TPSA) is 70.6 Å². The van der Waals surface area contributed by atoms with Gasteiger partial charge in [-0.25, -0.2) is 22.2 Å². The SMILES string of the molecule is CN(C)CCN(C(=O)c1ccc(F)cc1F)c1nc2ccc(S(C)(=O)=O)cc2s1. The lowest BCUT2D eigenvalue weighted by atomic mass is 10.2. The molecule has 0 atom stereocenters. The van der Waals surface area contributed by atoms with Gasteiger partial charge in [0.1, 0.15) is 11.6 Å². The number of nitrogens with zero attached hydrogens (tertiary/aromatic N) is 3. The molecule has 1 aromatic heterocycles. The minimum Gasteiger partial charge on any atom is -0.308 e. The zero-order chi connectivity index (χ0) is 21.3. The summed E-state index contributed by atoms with van der Waals surface area (Å²) in [6, 6.07) is 7.31. The molecule has 0 saturated heterocycles. The Morgan fingerprint density at radius 2 is 1.83 bits per heavy atom. The standard InChI is InChI=1S/C19H19F2N3O3S2/c1-23(2)8-9-24(18(25)14-6-4-12(20)10-15(14)21)19-22-16-7-5-13(29(3,26)27)11-17(16)28-19/h4-7,10-11H,8-9H2,1-3H3. The molecule has 0 saturated carbocycles. The van der Waals surface area contributed by atoms with E-state index in [-0.39, 0.29) is 17.0 Å². The van der Waals surface area contributed by atoms with Crippen LogP contribution in [0.3, 0.4) is 0 Å². The van der Waals surface area contributed by atoms with Crippen molar-refractivity contribution in [3.05, 3.63) is 53.6 Å². The second-order valence-corrected chi connectivity index (χ2v) is 9.81. The minimum absolute atomic E-state index is 0.149. The largest absolute Gasteiger partial charge is 0.308 e. The predicted octanol–water partition coefficient (Wildman–Crippen LogP) is 3.19. The van der Waals surface area contributed by atoms with E-state index in [9.17, 15) is 22.0 Å². The van der Waals surface area contributed by atoms with Gasteiger partial charge < -0.3 is 4.90 Å². The van der Waals surface area contributed by atoms with E-state index in [0.29, 0.717) is 28.0 Å². The van der Waals surface area contributed by atoms with Crippen LogP contribution < -0.4 is 4.90 Å². The fourth-order valence-corrected chi connectivity index (χ4v) is 4.38. The molecule has 0 aliphatic carbocycles. The number of anilines is 1. The van der Waals surface area contributed by atoms with Crippen LogP contribution in [0.5, 0.6) is 0 Å². The number of thiazole rings is 1. The first-order valence-electron chi connectivity index (χ1n) is 8.58. The van der Waals surface area contributed by atoms with Gasteiger partial charge in [-0.2, -0.15) is 0 Å². The van der Waals surface area contributed by atoms with E-state index in [2.05, 4.69) is 4.98 Å². The third-order valence-corrected chi connectivity index (χ3v) is 6.34. The highest BCUT2D eigenvalue weighted by molar-refractivity contribution is 7.90. The molecule has 154 valence electrons. The van der Waals surface area contributed by atoms with Crippen molar-refractivity contribution in [2.75, 3.05) is 38.3 Å². The molecule has 0 aliphatic heterocycles. The van der Waals surface area contributed by atoms with Gasteiger partial charge in [-0.3, -0.25) is 9.69 Å². The number of carbonyl (C=O) groups excluding carboxylic acids is 1. The van der Waals surface area contributed by atoms with E-state index >= 15 is 0 Å². The van der Waals surface area contributed by atoms with Gasteiger partial charge in [0, 0.05) is 25.4 Å². The molecule has 0 unspecified atom stereocenters. The minimum atomic E-state index is -3.39. The average molecular weight is 440 g/mol. The van der Waals surface area contributed by atoms with Crippen molar-refractivity contribution in [1.29, 1.82) is 0 Å². The molecule has 3 aromatic rings. The van der Waals surface area contributed by atoms with Crippen LogP contribution in [0.25, 0.3) is 10.2 Å². The zero-order valence-corrected chi connectivity index (χ0v) is 17.7. The smallest absolute Gasteiger partial charge is 0.263 e. The number of rotatable bonds is 6. The molecule has 3 rings (SSSR count). The van der Waals surface area contributed by atoms with E-state index in [1.807, 2.05) is 19.0 Å². The predicted molar refractivity (Wildman–Crippen MR) is 109 cm³/mol. The van der Waals surface area contributed by atoms with Crippen LogP contribution in [-0.2, 0) is 9.84 Å². The number of carbonyl (C=O) groups is 1. The molecule has 0 radical (unpaired) electrons. The molecule has 10 heteroatoms. The summed E-state index contributed by atoms with van der Waals surface area (Å²) in [7, 11) is 0.273. The quantitative estimate of drug-likeness (QED) is 0.590. The zero-order valence-electron chi connectivity index (χ0n) is 16.0. The summed E-state index contributed by atoms with van der Waals surface area (Å²) >= 11 is 1.13. The molecule has 0 fully saturated rings. The van der Waals surface area contributed by atoms with Crippen molar-refractivity contribution in [3.63, 3.8) is 0 Å². The van der Waals surface area contributed by atoms with Gasteiger partial charge in [-0.05, 0) is 44.4 Å². The van der Waals surface area contributed by atoms with Gasteiger partial charge in [0.2, 0.25) is 0 Å². The van der Waals surface area contributed by atoms with Gasteiger partial charge in [0.25, 0.3) is 5.91 Å². The second-order valence-electron chi connectivity index (χ2n) is 6.78. The molecule has 2 aromatic carbocycles. The summed E-state index contributed by atoms with van der Waals surface area (Å²) in [6.45, 7) is 0.709. The van der Waals surface area contributed by atoms with E-state index in [1.165, 1.54) is 17.0 Å². The van der Waals surface area contributed by atoms with Gasteiger partial charge in [-0.1, -0.05) is 11.3 Å². The van der Waals surface area contributed by atoms with Crippen LogP contribution >= 0.6 is 11.3 Å². The van der Waals surface area contributed by atoms with Crippen molar-refractivity contribution in [2.45, 2.75) is 4.90 Å². The Morgan fingerprint density at radius 1 is 1.10 bits per heavy atom. The number of benzene rings is 2. The first-order valence-corrected chi connectivity index (χ1v) is 11.3. The summed E-state index contributed by atoms with van der Waals surface area (Å²) < 4.78 is 51.6. The van der Waals surface area contributed by atoms with Crippen molar-refractivity contribution in [1.82, 2.24) is 9.88 Å². The first kappa shape index (κ1) is 21.3. The van der Waals surface area contributed by atoms with Crippen molar-refractivity contribution in [3.8, 4) is 0 Å². The number of sulfone groups is 1. The number of fused-ring (bicyclic) bond motifs is 1. The molecular formula is C19H19F2N3O3S2. The molecule has 0 aliphatic rings. The highest BCUT2D eigenvalue weighted by Gasteiger charge is 2.24. The van der Waals surface area contributed by atoms with E-state index in [0.717, 1.165) is 29.7 Å². The van der Waals surface area contributed by atoms with Gasteiger partial charge >= 0.3 is 0 Å². The highest BCUT2D eigenvalue weighted by atomic mass is 32.2. The third kappa shape index (κ3) is 4.77. The second kappa shape index (κ2) is 8.13. The van der Waals surface area contributed by atoms with Crippen LogP contribution in [-0.4, -0.2) is 57.6 Å². The number of aromatic nitrogens is 1. The summed E-state index contributed by atoms with van der Waals surface area (Å²) in [4.78, 5) is 20.8. The summed E-state index contributed by atoms with van der Waals surface area (Å²) in [6.07, 6.45) is 1.11. The fraction of sp³-hybridized carbons (Fsp3) is 0.263. The van der Waals surface area contributed by atoms with Crippen molar-refractivity contribution in [2.24, 2.45) is 0 Å². The Bertz CT molecular complexity index is 1180. The lowest BCUT2D eigenvalue weighted by Gasteiger charge is -2.22. The average Bonchev–Trinajstić information content (AvgIpc) is 3.03. The third-order valence-electron chi connectivity index (χ3n) is 4.19. The number of hydrogen-bond donors (Lipinski definition) is 0. The maximum atomic E-state index is 14.2. The summed E-state index contributed by atoms with van der Waals surface area (Å²) in [5, 5.41) is 0.307. The Kier molecular flexibility index (Phi) is 5.97. The molecule has 6 nitrogen and oxygen atoms in total. The first-order chi connectivity index (χ1) is 13.6. The monoisotopic (exact) mass is 439 g/mol. The number of halogens is 2. The van der Waals surface area contributed by atoms with Crippen LogP contribution in [0.15, 0.2) is 41.3 Å². The van der Waals surface area contributed by atoms with Gasteiger partial charge in [0.15, 0.2) is 15.0 Å². The van der Waals surface area contributed by atoms with Crippen molar-refractivity contribution < 1.29 is 22.0 Å². The molecule has 0 N–H and O–H groups in total. The maximum absolute atomic E-state index is 14.2. The molecule has 0 spiro atoms. The van der Waals surface area contributed by atoms with E-state index in [4.69, 9.17) is 0 Å². The fourth-order valence-electron chi connectivity index (χ4n) is 2.63. The molecule has 1 heterocycles. The molecule has 0 bridgehead atoms. The van der Waals surface area contributed by atoms with Crippen LogP contribution in [0, 0.1) is 11.6 Å². The lowest BCUT2D eigenvalue weighted by molar-refractivity contribution is 0.0981. The summed E-state index contributed by atoms with van der Waals surface area (Å²) in [5.41, 5.74) is 0.265. The van der Waals surface area contributed by atoms with Crippen LogP contribution in [0.2, 0.25) is 0 Å². The Hall–Kier alpha value is -2.43. The molecule has 1 amide bonds. The van der Waals surface area contributed by atoms with Crippen molar-refractivity contribution >= 4 is 42.4 Å². The normalized spacial score (nSPS) is 11.9. The maximum Gasteiger partial charge on any atom is 0.263 e. The Morgan fingerprint density at radius 3 is 2.45 bits per heavy atom. The Labute approximate surface area is 171 Å². The van der Waals surface area contributed by atoms with Gasteiger partial charge in [0.05, 0.1) is 20.7 Å². The number of amides is 1. The highest BCUT2D eigenvalue weighted by Crippen LogP contribution is 2.31. The molecular weight excluding hydrogens is 420 g/mol. The van der Waals surface area contributed by atoms with E-state index in [1.54, 1.807) is 6.07 Å². The van der Waals surface area contributed by atoms with Crippen LogP contribution in [0.1, 0.15) is 10.4 Å². The molecule has 29 heavy (non-hydrogen) atoms. The Balaban J connectivity index is 2.05. The lowest BCUT2D eigenvalue weighted by Crippen LogP contribution is -2.37. The summed E-state index contributed by atoms with van der Waals surface area (Å²) in [5.74, 6) is -2.37. The van der Waals surface area contributed by atoms with Crippen LogP contribution in [0.4, 0.5) is 13.9 Å².